The van der Waals surface area contributed by atoms with Gasteiger partial charge in [-0.3, -0.25) is 19.4 Å². The third-order valence-electron chi connectivity index (χ3n) is 4.95. The number of hydrogen-bond donors (Lipinski definition) is 0. The van der Waals surface area contributed by atoms with Gasteiger partial charge in [0.25, 0.3) is 6.43 Å². The molecule has 0 unspecified atom stereocenters. The van der Waals surface area contributed by atoms with Crippen LogP contribution in [0.4, 0.5) is 17.6 Å². The van der Waals surface area contributed by atoms with Crippen LogP contribution in [-0.2, 0) is 16.1 Å². The number of benzene rings is 1. The molecule has 0 bridgehead atoms. The third-order valence-corrected chi connectivity index (χ3v) is 4.95. The van der Waals surface area contributed by atoms with Crippen LogP contribution < -0.4 is 0 Å². The molecule has 1 aromatic rings. The first-order valence-electron chi connectivity index (χ1n) is 9.45. The minimum atomic E-state index is -2.51. The zero-order valence-electron chi connectivity index (χ0n) is 16.6. The smallest absolute Gasteiger partial charge is 0.259 e. The van der Waals surface area contributed by atoms with E-state index < -0.39 is 24.8 Å². The van der Waals surface area contributed by atoms with E-state index in [4.69, 9.17) is 0 Å². The van der Waals surface area contributed by atoms with Gasteiger partial charge >= 0.3 is 0 Å². The number of carbonyl (C=O) groups is 2. The quantitative estimate of drug-likeness (QED) is 0.706. The van der Waals surface area contributed by atoms with E-state index in [1.165, 1.54) is 4.90 Å². The lowest BCUT2D eigenvalue weighted by Crippen LogP contribution is -2.57. The molecular weight excluding hydrogens is 390 g/mol. The Bertz CT molecular complexity index is 675. The lowest BCUT2D eigenvalue weighted by molar-refractivity contribution is -0.145. The number of halogens is 4. The molecule has 1 amide bonds. The van der Waals surface area contributed by atoms with Gasteiger partial charge < -0.3 is 4.90 Å². The van der Waals surface area contributed by atoms with Crippen molar-refractivity contribution in [3.63, 3.8) is 0 Å². The molecule has 0 saturated carbocycles. The number of rotatable bonds is 4. The molecule has 1 aromatic carbocycles. The summed E-state index contributed by atoms with van der Waals surface area (Å²) in [5.41, 5.74) is 0.876. The van der Waals surface area contributed by atoms with Crippen LogP contribution in [0.1, 0.15) is 12.0 Å². The molecule has 0 aromatic heterocycles. The van der Waals surface area contributed by atoms with E-state index in [-0.39, 0.29) is 37.7 Å². The average Bonchev–Trinajstić information content (AvgIpc) is 2.64. The van der Waals surface area contributed by atoms with Gasteiger partial charge in [-0.1, -0.05) is 30.3 Å². The van der Waals surface area contributed by atoms with Crippen LogP contribution in [0.15, 0.2) is 30.3 Å². The summed E-state index contributed by atoms with van der Waals surface area (Å²) in [6.45, 7) is 1.33. The first-order valence-corrected chi connectivity index (χ1v) is 9.45. The second kappa shape index (κ2) is 10.7. The summed E-state index contributed by atoms with van der Waals surface area (Å²) in [6, 6.07) is 8.21. The number of hydrogen-bond acceptors (Lipinski definition) is 4. The second-order valence-electron chi connectivity index (χ2n) is 7.64. The van der Waals surface area contributed by atoms with E-state index in [9.17, 15) is 27.2 Å². The Morgan fingerprint density at radius 1 is 0.931 bits per heavy atom. The Labute approximate surface area is 168 Å². The topological polar surface area (TPSA) is 43.9 Å². The van der Waals surface area contributed by atoms with E-state index in [2.05, 4.69) is 0 Å². The Kier molecular flexibility index (Phi) is 8.58. The molecule has 2 saturated heterocycles. The molecule has 162 valence electrons. The van der Waals surface area contributed by atoms with Crippen LogP contribution in [0, 0.1) is 5.92 Å². The molecule has 0 radical (unpaired) electrons. The molecule has 29 heavy (non-hydrogen) atoms. The largest absolute Gasteiger partial charge is 0.327 e. The number of carbonyl (C=O) groups excluding carboxylic acids is 2. The van der Waals surface area contributed by atoms with Crippen LogP contribution in [0.25, 0.3) is 0 Å². The molecule has 5 nitrogen and oxygen atoms in total. The number of piperidine rings is 1. The summed E-state index contributed by atoms with van der Waals surface area (Å²) in [6.07, 6.45) is -4.83. The summed E-state index contributed by atoms with van der Waals surface area (Å²) >= 11 is 0. The van der Waals surface area contributed by atoms with Crippen LogP contribution in [0.3, 0.4) is 0 Å². The molecule has 2 aliphatic heterocycles. The van der Waals surface area contributed by atoms with E-state index in [1.54, 1.807) is 23.9 Å². The SMILES string of the molecule is CN1CC(=O)C[C@H](C(F)F)C1.CN1CC(=O)N(Cc2ccccc2)[C@H](C(F)F)C1. The Hall–Kier alpha value is -2.00. The molecule has 9 heteroatoms. The van der Waals surface area contributed by atoms with Gasteiger partial charge in [-0.15, -0.1) is 0 Å². The summed E-state index contributed by atoms with van der Waals surface area (Å²) in [5.74, 6) is -1.07. The Balaban J connectivity index is 0.000000234. The van der Waals surface area contributed by atoms with Crippen LogP contribution in [0.2, 0.25) is 0 Å². The van der Waals surface area contributed by atoms with Crippen LogP contribution in [0.5, 0.6) is 0 Å². The first kappa shape index (κ1) is 23.3. The highest BCUT2D eigenvalue weighted by atomic mass is 19.3. The van der Waals surface area contributed by atoms with Crippen molar-refractivity contribution >= 4 is 11.7 Å². The van der Waals surface area contributed by atoms with Gasteiger partial charge in [0.2, 0.25) is 12.3 Å². The number of alkyl halides is 4. The molecule has 2 fully saturated rings. The van der Waals surface area contributed by atoms with Gasteiger partial charge in [-0.25, -0.2) is 17.6 Å². The Morgan fingerprint density at radius 2 is 1.55 bits per heavy atom. The van der Waals surface area contributed by atoms with E-state index in [0.717, 1.165) is 5.56 Å². The number of Topliss-reactive ketones (excluding diaryl/α,β-unsaturated/α-hetero) is 1. The summed E-state index contributed by atoms with van der Waals surface area (Å²) in [4.78, 5) is 27.3. The summed E-state index contributed by atoms with van der Waals surface area (Å²) in [7, 11) is 3.37. The highest BCUT2D eigenvalue weighted by Gasteiger charge is 2.36. The Morgan fingerprint density at radius 3 is 2.10 bits per heavy atom. The van der Waals surface area contributed by atoms with Crippen molar-refractivity contribution < 1.29 is 27.2 Å². The van der Waals surface area contributed by atoms with E-state index in [1.807, 2.05) is 30.3 Å². The van der Waals surface area contributed by atoms with E-state index >= 15 is 0 Å². The fourth-order valence-corrected chi connectivity index (χ4v) is 3.55. The predicted octanol–water partition coefficient (Wildman–Crippen LogP) is 2.37. The zero-order chi connectivity index (χ0) is 21.6. The maximum Gasteiger partial charge on any atom is 0.259 e. The second-order valence-corrected chi connectivity index (χ2v) is 7.64. The monoisotopic (exact) mass is 417 g/mol. The van der Waals surface area contributed by atoms with Crippen molar-refractivity contribution in [3.8, 4) is 0 Å². The third kappa shape index (κ3) is 7.08. The summed E-state index contributed by atoms with van der Waals surface area (Å²) < 4.78 is 50.2. The van der Waals surface area contributed by atoms with Crippen molar-refractivity contribution in [2.24, 2.45) is 5.92 Å². The van der Waals surface area contributed by atoms with Gasteiger partial charge in [0, 0.05) is 32.0 Å². The van der Waals surface area contributed by atoms with Crippen LogP contribution >= 0.6 is 0 Å². The number of amides is 1. The lowest BCUT2D eigenvalue weighted by atomic mass is 9.98. The standard InChI is InChI=1S/C13H16F2N2O.C7H11F2NO/c1-16-8-11(13(14)15)17(12(18)9-16)7-10-5-3-2-4-6-10;1-10-3-5(7(8)9)2-6(11)4-10/h2-6,11,13H,7-9H2,1H3;5,7H,2-4H2,1H3/t11-;5-/m00/s1. The molecule has 0 N–H and O–H groups in total. The summed E-state index contributed by atoms with van der Waals surface area (Å²) in [5, 5.41) is 0. The fourth-order valence-electron chi connectivity index (χ4n) is 3.55. The van der Waals surface area contributed by atoms with Crippen LogP contribution in [-0.4, -0.2) is 85.6 Å². The van der Waals surface area contributed by atoms with Gasteiger partial charge in [0.1, 0.15) is 11.8 Å². The maximum atomic E-state index is 13.0. The number of piperazine rings is 1. The van der Waals surface area contributed by atoms with Crippen molar-refractivity contribution in [1.82, 2.24) is 14.7 Å². The number of likely N-dealkylation sites (tertiary alicyclic amines) is 1. The van der Waals surface area contributed by atoms with Crippen molar-refractivity contribution in [1.29, 1.82) is 0 Å². The van der Waals surface area contributed by atoms with Gasteiger partial charge in [0.15, 0.2) is 0 Å². The molecule has 3 rings (SSSR count). The minimum Gasteiger partial charge on any atom is -0.327 e. The maximum absolute atomic E-state index is 13.0. The molecule has 2 atom stereocenters. The van der Waals surface area contributed by atoms with Crippen molar-refractivity contribution in [3.05, 3.63) is 35.9 Å². The van der Waals surface area contributed by atoms with Crippen molar-refractivity contribution in [2.45, 2.75) is 31.9 Å². The molecular formula is C20H27F4N3O2. The molecule has 2 heterocycles. The zero-order valence-corrected chi connectivity index (χ0v) is 16.6. The molecule has 0 spiro atoms. The molecule has 0 aliphatic carbocycles. The number of nitrogens with zero attached hydrogens (tertiary/aromatic N) is 3. The molecule has 2 aliphatic rings. The number of likely N-dealkylation sites (N-methyl/N-ethyl adjacent to an activating group) is 2. The fraction of sp³-hybridized carbons (Fsp3) is 0.600. The predicted molar refractivity (Wildman–Crippen MR) is 101 cm³/mol. The first-order chi connectivity index (χ1) is 13.7. The van der Waals surface area contributed by atoms with E-state index in [0.29, 0.717) is 13.1 Å². The van der Waals surface area contributed by atoms with Gasteiger partial charge in [-0.2, -0.15) is 0 Å². The average molecular weight is 417 g/mol. The lowest BCUT2D eigenvalue weighted by Gasteiger charge is -2.39. The number of ketones is 1. The minimum absolute atomic E-state index is 0.0437. The van der Waals surface area contributed by atoms with Gasteiger partial charge in [0.05, 0.1) is 13.1 Å². The van der Waals surface area contributed by atoms with Gasteiger partial charge in [-0.05, 0) is 19.7 Å². The highest BCUT2D eigenvalue weighted by molar-refractivity contribution is 5.81. The van der Waals surface area contributed by atoms with Crippen molar-refractivity contribution in [2.75, 3.05) is 40.3 Å². The highest BCUT2D eigenvalue weighted by Crippen LogP contribution is 2.20. The normalized spacial score (nSPS) is 24.1.